The quantitative estimate of drug-likeness (QED) is 0.492. The molecule has 0 saturated heterocycles. The van der Waals surface area contributed by atoms with Gasteiger partial charge in [-0.05, 0) is 76.1 Å². The van der Waals surface area contributed by atoms with Crippen LogP contribution in [0.15, 0.2) is 12.1 Å². The number of hydrogen-bond acceptors (Lipinski definition) is 4. The monoisotopic (exact) mass is 376 g/mol. The molecule has 0 radical (unpaired) electrons. The maximum Gasteiger partial charge on any atom is 0.0501 e. The molecule has 0 aromatic heterocycles. The number of nitrogens with two attached hydrogens (primary N) is 1. The van der Waals surface area contributed by atoms with E-state index in [1.165, 1.54) is 16.8 Å². The van der Waals surface area contributed by atoms with Crippen LogP contribution in [-0.4, -0.2) is 36.0 Å². The van der Waals surface area contributed by atoms with Gasteiger partial charge in [-0.1, -0.05) is 20.8 Å². The molecule has 2 atom stereocenters. The average molecular weight is 377 g/mol. The van der Waals surface area contributed by atoms with Gasteiger partial charge in [-0.25, -0.2) is 0 Å². The molecule has 4 heteroatoms. The van der Waals surface area contributed by atoms with Crippen LogP contribution in [0.25, 0.3) is 0 Å². The van der Waals surface area contributed by atoms with Gasteiger partial charge in [0.2, 0.25) is 0 Å². The molecule has 0 amide bonds. The summed E-state index contributed by atoms with van der Waals surface area (Å²) in [5.41, 5.74) is 10.8. The summed E-state index contributed by atoms with van der Waals surface area (Å²) < 4.78 is 5.71. The number of benzene rings is 1. The Hall–Kier alpha value is -1.26. The molecule has 1 aliphatic rings. The minimum Gasteiger partial charge on any atom is -0.398 e. The predicted molar refractivity (Wildman–Crippen MR) is 116 cm³/mol. The van der Waals surface area contributed by atoms with Crippen LogP contribution in [0.3, 0.4) is 0 Å². The first kappa shape index (κ1) is 22.0. The normalized spacial score (nSPS) is 21.2. The smallest absolute Gasteiger partial charge is 0.0501 e. The number of aliphatic hydroxyl groups is 1. The number of nitrogen functional groups attached to an aromatic ring is 1. The van der Waals surface area contributed by atoms with E-state index in [-0.39, 0.29) is 23.6 Å². The summed E-state index contributed by atoms with van der Waals surface area (Å²) >= 11 is 0. The van der Waals surface area contributed by atoms with Gasteiger partial charge in [-0.15, -0.1) is 0 Å². The van der Waals surface area contributed by atoms with Crippen molar-refractivity contribution >= 4 is 11.4 Å². The molecule has 0 bridgehead atoms. The zero-order valence-electron chi connectivity index (χ0n) is 18.4. The highest BCUT2D eigenvalue weighted by Crippen LogP contribution is 2.50. The van der Waals surface area contributed by atoms with Gasteiger partial charge in [0.05, 0.1) is 6.61 Å². The molecular weight excluding hydrogens is 336 g/mol. The summed E-state index contributed by atoms with van der Waals surface area (Å²) in [5.74, 6) is 0.494. The van der Waals surface area contributed by atoms with Crippen molar-refractivity contribution in [1.29, 1.82) is 0 Å². The largest absolute Gasteiger partial charge is 0.398 e. The molecule has 3 N–H and O–H groups in total. The van der Waals surface area contributed by atoms with Crippen LogP contribution in [0.2, 0.25) is 0 Å². The number of rotatable bonds is 8. The van der Waals surface area contributed by atoms with E-state index in [1.807, 2.05) is 6.92 Å². The Morgan fingerprint density at radius 3 is 2.52 bits per heavy atom. The summed E-state index contributed by atoms with van der Waals surface area (Å²) in [7, 11) is 0. The lowest BCUT2D eigenvalue weighted by atomic mass is 9.74. The van der Waals surface area contributed by atoms with Crippen LogP contribution in [0.1, 0.15) is 90.7 Å². The summed E-state index contributed by atoms with van der Waals surface area (Å²) in [5, 5.41) is 10.1. The zero-order valence-corrected chi connectivity index (χ0v) is 18.4. The summed E-state index contributed by atoms with van der Waals surface area (Å²) in [4.78, 5) is 2.60. The lowest BCUT2D eigenvalue weighted by Crippen LogP contribution is -2.60. The summed E-state index contributed by atoms with van der Waals surface area (Å²) in [6.45, 7) is 17.3. The van der Waals surface area contributed by atoms with E-state index in [9.17, 15) is 5.11 Å². The average Bonchev–Trinajstić information content (AvgIpc) is 2.60. The Labute approximate surface area is 166 Å². The zero-order chi connectivity index (χ0) is 20.4. The molecule has 1 heterocycles. The first-order chi connectivity index (χ1) is 12.6. The highest BCUT2D eigenvalue weighted by atomic mass is 16.5. The van der Waals surface area contributed by atoms with E-state index in [0.717, 1.165) is 38.2 Å². The minimum atomic E-state index is -0.0538. The standard InChI is InChI=1S/C23H40N2O2/c1-8-23(7,10-11-27-9-2)25-21-13-18(16(3)4)20(24)12-19(21)17(15-26)14-22(25,5)6/h12-13,16-17,26H,8-11,14-15,24H2,1-7H3. The molecule has 2 unspecified atom stereocenters. The molecule has 154 valence electrons. The number of ether oxygens (including phenoxy) is 1. The third-order valence-electron chi connectivity index (χ3n) is 6.40. The third-order valence-corrected chi connectivity index (χ3v) is 6.40. The van der Waals surface area contributed by atoms with Crippen molar-refractivity contribution in [3.05, 3.63) is 23.3 Å². The Bertz CT molecular complexity index is 642. The third kappa shape index (κ3) is 4.27. The molecule has 27 heavy (non-hydrogen) atoms. The van der Waals surface area contributed by atoms with Gasteiger partial charge in [0.1, 0.15) is 0 Å². The fourth-order valence-electron chi connectivity index (χ4n) is 4.86. The number of nitrogens with zero attached hydrogens (tertiary/aromatic N) is 1. The van der Waals surface area contributed by atoms with E-state index < -0.39 is 0 Å². The molecule has 1 aliphatic heterocycles. The molecule has 0 spiro atoms. The molecule has 4 nitrogen and oxygen atoms in total. The number of hydrogen-bond donors (Lipinski definition) is 2. The van der Waals surface area contributed by atoms with Crippen LogP contribution < -0.4 is 10.6 Å². The lowest BCUT2D eigenvalue weighted by molar-refractivity contribution is 0.116. The molecular formula is C23H40N2O2. The maximum atomic E-state index is 10.1. The van der Waals surface area contributed by atoms with Crippen molar-refractivity contribution in [3.63, 3.8) is 0 Å². The number of anilines is 2. The van der Waals surface area contributed by atoms with Crippen LogP contribution >= 0.6 is 0 Å². The summed E-state index contributed by atoms with van der Waals surface area (Å²) in [6, 6.07) is 4.40. The fraction of sp³-hybridized carbons (Fsp3) is 0.739. The van der Waals surface area contributed by atoms with Crippen LogP contribution in [0.5, 0.6) is 0 Å². The molecule has 1 aromatic rings. The Morgan fingerprint density at radius 1 is 1.33 bits per heavy atom. The van der Waals surface area contributed by atoms with Crippen LogP contribution in [-0.2, 0) is 4.74 Å². The van der Waals surface area contributed by atoms with Gasteiger partial charge in [-0.2, -0.15) is 0 Å². The van der Waals surface area contributed by atoms with Gasteiger partial charge >= 0.3 is 0 Å². The van der Waals surface area contributed by atoms with Gasteiger partial charge < -0.3 is 20.5 Å². The van der Waals surface area contributed by atoms with Crippen LogP contribution in [0, 0.1) is 0 Å². The van der Waals surface area contributed by atoms with E-state index in [4.69, 9.17) is 10.5 Å². The second-order valence-electron chi connectivity index (χ2n) is 9.22. The Morgan fingerprint density at radius 2 is 2.00 bits per heavy atom. The van der Waals surface area contributed by atoms with E-state index in [1.54, 1.807) is 0 Å². The van der Waals surface area contributed by atoms with E-state index >= 15 is 0 Å². The predicted octanol–water partition coefficient (Wildman–Crippen LogP) is 5.05. The van der Waals surface area contributed by atoms with Crippen molar-refractivity contribution in [2.24, 2.45) is 0 Å². The molecule has 2 rings (SSSR count). The maximum absolute atomic E-state index is 10.1. The van der Waals surface area contributed by atoms with Crippen molar-refractivity contribution < 1.29 is 9.84 Å². The Balaban J connectivity index is 2.63. The number of aliphatic hydroxyl groups excluding tert-OH is 1. The summed E-state index contributed by atoms with van der Waals surface area (Å²) in [6.07, 6.45) is 2.93. The van der Waals surface area contributed by atoms with Gasteiger partial charge in [0.15, 0.2) is 0 Å². The Kier molecular flexibility index (Phi) is 6.86. The second-order valence-corrected chi connectivity index (χ2v) is 9.22. The number of fused-ring (bicyclic) bond motifs is 1. The van der Waals surface area contributed by atoms with Gasteiger partial charge in [-0.3, -0.25) is 0 Å². The van der Waals surface area contributed by atoms with Gasteiger partial charge in [0, 0.05) is 41.6 Å². The highest BCUT2D eigenvalue weighted by Gasteiger charge is 2.45. The van der Waals surface area contributed by atoms with Crippen molar-refractivity contribution in [2.45, 2.75) is 90.6 Å². The van der Waals surface area contributed by atoms with E-state index in [0.29, 0.717) is 5.92 Å². The highest BCUT2D eigenvalue weighted by molar-refractivity contribution is 5.69. The topological polar surface area (TPSA) is 58.7 Å². The minimum absolute atomic E-state index is 0.0157. The fourth-order valence-corrected chi connectivity index (χ4v) is 4.86. The first-order valence-corrected chi connectivity index (χ1v) is 10.5. The lowest BCUT2D eigenvalue weighted by Gasteiger charge is -2.56. The second kappa shape index (κ2) is 8.40. The van der Waals surface area contributed by atoms with Crippen molar-refractivity contribution in [3.8, 4) is 0 Å². The van der Waals surface area contributed by atoms with Crippen LogP contribution in [0.4, 0.5) is 11.4 Å². The molecule has 0 aliphatic carbocycles. The van der Waals surface area contributed by atoms with E-state index in [2.05, 4.69) is 58.6 Å². The molecule has 1 aromatic carbocycles. The molecule has 0 fully saturated rings. The first-order valence-electron chi connectivity index (χ1n) is 10.5. The van der Waals surface area contributed by atoms with Crippen molar-refractivity contribution in [2.75, 3.05) is 30.5 Å². The SMILES string of the molecule is CCOCCC(C)(CC)N1c2cc(C(C)C)c(N)cc2C(CO)CC1(C)C. The van der Waals surface area contributed by atoms with Crippen molar-refractivity contribution in [1.82, 2.24) is 0 Å². The van der Waals surface area contributed by atoms with Gasteiger partial charge in [0.25, 0.3) is 0 Å². The molecule has 0 saturated carbocycles.